The summed E-state index contributed by atoms with van der Waals surface area (Å²) in [5.41, 5.74) is 6.93. The molecular formula is C14H22N2O3S. The normalized spacial score (nSPS) is 12.1. The van der Waals surface area contributed by atoms with Gasteiger partial charge in [-0.05, 0) is 31.0 Å². The summed E-state index contributed by atoms with van der Waals surface area (Å²) in [5, 5.41) is 2.77. The molecule has 3 N–H and O–H groups in total. The van der Waals surface area contributed by atoms with Crippen molar-refractivity contribution in [2.75, 3.05) is 36.3 Å². The van der Waals surface area contributed by atoms with Crippen molar-refractivity contribution in [1.82, 2.24) is 0 Å². The maximum Gasteiger partial charge on any atom is 0.224 e. The summed E-state index contributed by atoms with van der Waals surface area (Å²) in [6.45, 7) is 0.627. The second-order valence-corrected chi connectivity index (χ2v) is 6.17. The zero-order valence-electron chi connectivity index (χ0n) is 11.8. The smallest absolute Gasteiger partial charge is 0.224 e. The van der Waals surface area contributed by atoms with Gasteiger partial charge >= 0.3 is 0 Å². The summed E-state index contributed by atoms with van der Waals surface area (Å²) >= 11 is 0. The van der Waals surface area contributed by atoms with E-state index in [2.05, 4.69) is 5.32 Å². The summed E-state index contributed by atoms with van der Waals surface area (Å²) in [4.78, 5) is 11.7. The fourth-order valence-corrected chi connectivity index (χ4v) is 2.81. The van der Waals surface area contributed by atoms with Gasteiger partial charge in [0.05, 0.1) is 0 Å². The second-order valence-electron chi connectivity index (χ2n) is 4.47. The van der Waals surface area contributed by atoms with Crippen LogP contribution in [0.1, 0.15) is 19.3 Å². The van der Waals surface area contributed by atoms with E-state index in [1.165, 1.54) is 0 Å². The van der Waals surface area contributed by atoms with Crippen LogP contribution >= 0.6 is 0 Å². The summed E-state index contributed by atoms with van der Waals surface area (Å²) in [7, 11) is 0.761. The van der Waals surface area contributed by atoms with Crippen LogP contribution in [-0.4, -0.2) is 35.3 Å². The molecule has 0 bridgehead atoms. The molecule has 20 heavy (non-hydrogen) atoms. The van der Waals surface area contributed by atoms with Gasteiger partial charge in [0.2, 0.25) is 5.91 Å². The number of nitrogen functional groups attached to an aromatic ring is 1. The molecule has 0 radical (unpaired) electrons. The highest BCUT2D eigenvalue weighted by molar-refractivity contribution is 7.84. The lowest BCUT2D eigenvalue weighted by Gasteiger charge is -2.06. The van der Waals surface area contributed by atoms with Crippen molar-refractivity contribution in [3.63, 3.8) is 0 Å². The summed E-state index contributed by atoms with van der Waals surface area (Å²) in [6.07, 6.45) is 1.77. The first kappa shape index (κ1) is 16.7. The number of nitrogens with two attached hydrogens (primary N) is 1. The number of amides is 1. The second kappa shape index (κ2) is 9.50. The minimum Gasteiger partial charge on any atom is -0.399 e. The van der Waals surface area contributed by atoms with Crippen LogP contribution in [0.3, 0.4) is 0 Å². The third-order valence-corrected chi connectivity index (χ3v) is 4.15. The number of ether oxygens (including phenoxy) is 1. The molecule has 1 atom stereocenters. The molecule has 0 heterocycles. The molecule has 6 heteroatoms. The maximum atomic E-state index is 11.7. The molecule has 1 aromatic rings. The number of anilines is 2. The molecule has 0 saturated carbocycles. The number of methoxy groups -OCH3 is 1. The van der Waals surface area contributed by atoms with E-state index in [0.29, 0.717) is 42.3 Å². The molecule has 1 rings (SSSR count). The Morgan fingerprint density at radius 1 is 1.35 bits per heavy atom. The Morgan fingerprint density at radius 3 is 2.80 bits per heavy atom. The highest BCUT2D eigenvalue weighted by atomic mass is 32.2. The Labute approximate surface area is 122 Å². The van der Waals surface area contributed by atoms with Gasteiger partial charge in [-0.3, -0.25) is 9.00 Å². The molecule has 0 aromatic heterocycles. The van der Waals surface area contributed by atoms with Gasteiger partial charge in [0.15, 0.2) is 0 Å². The third kappa shape index (κ3) is 7.25. The molecule has 1 unspecified atom stereocenters. The first-order valence-electron chi connectivity index (χ1n) is 6.61. The lowest BCUT2D eigenvalue weighted by Crippen LogP contribution is -2.13. The van der Waals surface area contributed by atoms with Gasteiger partial charge in [-0.25, -0.2) is 0 Å². The monoisotopic (exact) mass is 298 g/mol. The van der Waals surface area contributed by atoms with Crippen LogP contribution in [0, 0.1) is 0 Å². The SMILES string of the molecule is COCCCS(=O)CCCC(=O)Nc1cccc(N)c1. The predicted octanol–water partition coefficient (Wildman–Crippen LogP) is 1.77. The lowest BCUT2D eigenvalue weighted by molar-refractivity contribution is -0.116. The number of hydrogen-bond acceptors (Lipinski definition) is 4. The van der Waals surface area contributed by atoms with Crippen molar-refractivity contribution in [2.45, 2.75) is 19.3 Å². The van der Waals surface area contributed by atoms with Crippen molar-refractivity contribution in [3.05, 3.63) is 24.3 Å². The topological polar surface area (TPSA) is 81.4 Å². The Morgan fingerprint density at radius 2 is 2.10 bits per heavy atom. The van der Waals surface area contributed by atoms with Gasteiger partial charge in [-0.2, -0.15) is 0 Å². The maximum absolute atomic E-state index is 11.7. The lowest BCUT2D eigenvalue weighted by atomic mass is 10.2. The van der Waals surface area contributed by atoms with E-state index in [0.717, 1.165) is 6.42 Å². The number of rotatable bonds is 9. The van der Waals surface area contributed by atoms with Gasteiger partial charge in [-0.1, -0.05) is 6.07 Å². The molecule has 0 aliphatic heterocycles. The third-order valence-electron chi connectivity index (χ3n) is 2.67. The van der Waals surface area contributed by atoms with Crippen molar-refractivity contribution >= 4 is 28.1 Å². The van der Waals surface area contributed by atoms with E-state index in [1.807, 2.05) is 0 Å². The minimum absolute atomic E-state index is 0.0792. The zero-order chi connectivity index (χ0) is 14.8. The van der Waals surface area contributed by atoms with Crippen molar-refractivity contribution < 1.29 is 13.7 Å². The summed E-state index contributed by atoms with van der Waals surface area (Å²) in [6, 6.07) is 7.05. The Bertz CT molecular complexity index is 452. The molecule has 1 aromatic carbocycles. The average Bonchev–Trinajstić information content (AvgIpc) is 2.39. The van der Waals surface area contributed by atoms with Gasteiger partial charge in [0, 0.05) is 53.8 Å². The zero-order valence-corrected chi connectivity index (χ0v) is 12.6. The molecule has 0 aliphatic rings. The average molecular weight is 298 g/mol. The Balaban J connectivity index is 2.18. The Hall–Kier alpha value is -1.40. The van der Waals surface area contributed by atoms with E-state index >= 15 is 0 Å². The largest absolute Gasteiger partial charge is 0.399 e. The Kier molecular flexibility index (Phi) is 7.91. The van der Waals surface area contributed by atoms with Crippen LogP contribution in [-0.2, 0) is 20.3 Å². The molecule has 0 aliphatic carbocycles. The van der Waals surface area contributed by atoms with Crippen LogP contribution in [0.4, 0.5) is 11.4 Å². The van der Waals surface area contributed by atoms with Crippen LogP contribution in [0.2, 0.25) is 0 Å². The van der Waals surface area contributed by atoms with Crippen LogP contribution in [0.15, 0.2) is 24.3 Å². The van der Waals surface area contributed by atoms with Crippen molar-refractivity contribution in [3.8, 4) is 0 Å². The van der Waals surface area contributed by atoms with E-state index in [4.69, 9.17) is 10.5 Å². The van der Waals surface area contributed by atoms with Crippen LogP contribution in [0.25, 0.3) is 0 Å². The number of hydrogen-bond donors (Lipinski definition) is 2. The van der Waals surface area contributed by atoms with E-state index in [9.17, 15) is 9.00 Å². The van der Waals surface area contributed by atoms with Gasteiger partial charge in [0.1, 0.15) is 0 Å². The first-order valence-corrected chi connectivity index (χ1v) is 8.10. The molecule has 112 valence electrons. The fourth-order valence-electron chi connectivity index (χ4n) is 1.70. The number of benzene rings is 1. The van der Waals surface area contributed by atoms with E-state index in [1.54, 1.807) is 31.4 Å². The van der Waals surface area contributed by atoms with Crippen molar-refractivity contribution in [1.29, 1.82) is 0 Å². The summed E-state index contributed by atoms with van der Waals surface area (Å²) < 4.78 is 16.5. The minimum atomic E-state index is -0.868. The van der Waals surface area contributed by atoms with E-state index < -0.39 is 10.8 Å². The standard InChI is InChI=1S/C14H22N2O3S/c1-19-8-4-10-20(18)9-3-7-14(17)16-13-6-2-5-12(15)11-13/h2,5-6,11H,3-4,7-10,15H2,1H3,(H,16,17). The number of carbonyl (C=O) groups excluding carboxylic acids is 1. The van der Waals surface area contributed by atoms with E-state index in [-0.39, 0.29) is 5.91 Å². The molecular weight excluding hydrogens is 276 g/mol. The first-order chi connectivity index (χ1) is 9.61. The number of nitrogens with one attached hydrogen (secondary N) is 1. The molecule has 0 fully saturated rings. The quantitative estimate of drug-likeness (QED) is 0.538. The van der Waals surface area contributed by atoms with Gasteiger partial charge < -0.3 is 15.8 Å². The highest BCUT2D eigenvalue weighted by Gasteiger charge is 2.05. The van der Waals surface area contributed by atoms with Crippen LogP contribution in [0.5, 0.6) is 0 Å². The fraction of sp³-hybridized carbons (Fsp3) is 0.500. The van der Waals surface area contributed by atoms with Gasteiger partial charge in [0.25, 0.3) is 0 Å². The molecule has 1 amide bonds. The molecule has 0 saturated heterocycles. The van der Waals surface area contributed by atoms with Crippen LogP contribution < -0.4 is 11.1 Å². The van der Waals surface area contributed by atoms with Crippen molar-refractivity contribution in [2.24, 2.45) is 0 Å². The van der Waals surface area contributed by atoms with Gasteiger partial charge in [-0.15, -0.1) is 0 Å². The molecule has 0 spiro atoms. The predicted molar refractivity (Wildman–Crippen MR) is 83.1 cm³/mol. The number of carbonyl (C=O) groups is 1. The highest BCUT2D eigenvalue weighted by Crippen LogP contribution is 2.12. The molecule has 5 nitrogen and oxygen atoms in total. The summed E-state index contributed by atoms with van der Waals surface area (Å²) in [5.74, 6) is 1.10.